The Morgan fingerprint density at radius 2 is 2.02 bits per heavy atom. The van der Waals surface area contributed by atoms with Crippen molar-refractivity contribution in [2.75, 3.05) is 25.5 Å². The third-order valence-corrected chi connectivity index (χ3v) is 6.76. The van der Waals surface area contributed by atoms with Crippen molar-refractivity contribution < 1.29 is 31.8 Å². The molecule has 1 fully saturated rings. The highest BCUT2D eigenvalue weighted by atomic mass is 19.3. The van der Waals surface area contributed by atoms with E-state index in [2.05, 4.69) is 50.4 Å². The predicted octanol–water partition coefficient (Wildman–Crippen LogP) is 2.96. The van der Waals surface area contributed by atoms with Gasteiger partial charge in [-0.1, -0.05) is 0 Å². The summed E-state index contributed by atoms with van der Waals surface area (Å²) in [6.45, 7) is -4.77. The van der Waals surface area contributed by atoms with Crippen LogP contribution in [0.2, 0.25) is 0 Å². The molecule has 14 nitrogen and oxygen atoms in total. The van der Waals surface area contributed by atoms with Crippen LogP contribution in [0.1, 0.15) is 28.6 Å². The number of ether oxygens (including phenoxy) is 2. The number of nitrogens with one attached hydrogen (secondary N) is 1. The van der Waals surface area contributed by atoms with Crippen molar-refractivity contribution in [3.63, 3.8) is 0 Å². The van der Waals surface area contributed by atoms with Crippen molar-refractivity contribution in [2.45, 2.75) is 32.2 Å². The lowest BCUT2D eigenvalue weighted by atomic mass is 10.1. The maximum absolute atomic E-state index is 13.4. The monoisotopic (exact) mass is 601 g/mol. The maximum atomic E-state index is 13.4. The zero-order chi connectivity index (χ0) is 30.1. The van der Waals surface area contributed by atoms with E-state index in [4.69, 9.17) is 0 Å². The molecule has 1 saturated heterocycles. The van der Waals surface area contributed by atoms with Crippen molar-refractivity contribution in [1.29, 1.82) is 0 Å². The lowest BCUT2D eigenvalue weighted by Crippen LogP contribution is -2.20. The van der Waals surface area contributed by atoms with E-state index in [1.165, 1.54) is 27.8 Å². The van der Waals surface area contributed by atoms with Gasteiger partial charge in [-0.2, -0.15) is 27.8 Å². The minimum Gasteiger partial charge on any atom is -0.435 e. The fourth-order valence-corrected chi connectivity index (χ4v) is 4.90. The van der Waals surface area contributed by atoms with Crippen molar-refractivity contribution >= 4 is 17.2 Å². The molecule has 224 valence electrons. The number of likely N-dealkylation sites (N-methyl/N-ethyl adjacent to an activating group) is 1. The zero-order valence-corrected chi connectivity index (χ0v) is 22.4. The molecule has 18 heteroatoms. The molecule has 1 unspecified atom stereocenters. The maximum Gasteiger partial charge on any atom is 0.387 e. The Balaban J connectivity index is 1.41. The number of amides is 1. The molecule has 0 saturated carbocycles. The Kier molecular flexibility index (Phi) is 7.58. The van der Waals surface area contributed by atoms with Crippen LogP contribution in [0.3, 0.4) is 0 Å². The number of carbonyl (C=O) groups excluding carboxylic acids is 1. The van der Waals surface area contributed by atoms with Crippen molar-refractivity contribution in [2.24, 2.45) is 0 Å². The van der Waals surface area contributed by atoms with Gasteiger partial charge in [0, 0.05) is 31.7 Å². The Bertz CT molecular complexity index is 1760. The zero-order valence-electron chi connectivity index (χ0n) is 22.4. The summed E-state index contributed by atoms with van der Waals surface area (Å²) >= 11 is 0. The Hall–Kier alpha value is -5.13. The van der Waals surface area contributed by atoms with Gasteiger partial charge in [0.15, 0.2) is 11.5 Å². The van der Waals surface area contributed by atoms with Gasteiger partial charge in [0.1, 0.15) is 29.3 Å². The summed E-state index contributed by atoms with van der Waals surface area (Å²) in [5.41, 5.74) is 0.236. The molecule has 5 aromatic rings. The normalized spacial score (nSPS) is 15.6. The smallest absolute Gasteiger partial charge is 0.387 e. The van der Waals surface area contributed by atoms with Gasteiger partial charge in [0.25, 0.3) is 5.91 Å². The van der Waals surface area contributed by atoms with Gasteiger partial charge in [-0.15, -0.1) is 5.10 Å². The van der Waals surface area contributed by atoms with E-state index in [1.54, 1.807) is 16.9 Å². The first-order valence-electron chi connectivity index (χ1n) is 12.9. The minimum atomic E-state index is -3.24. The topological polar surface area (TPSA) is 142 Å². The fraction of sp³-hybridized carbons (Fsp3) is 0.320. The Morgan fingerprint density at radius 1 is 1.19 bits per heavy atom. The molecule has 0 radical (unpaired) electrons. The molecule has 4 aromatic heterocycles. The van der Waals surface area contributed by atoms with Crippen LogP contribution in [0, 0.1) is 0 Å². The van der Waals surface area contributed by atoms with E-state index in [0.717, 1.165) is 37.7 Å². The highest BCUT2D eigenvalue weighted by molar-refractivity contribution is 6.09. The molecule has 1 aliphatic rings. The fourth-order valence-electron chi connectivity index (χ4n) is 4.90. The lowest BCUT2D eigenvalue weighted by Gasteiger charge is -2.13. The molecular weight excluding hydrogens is 578 g/mol. The molecule has 0 aliphatic carbocycles. The minimum absolute atomic E-state index is 0.0292. The van der Waals surface area contributed by atoms with E-state index in [9.17, 15) is 22.4 Å². The van der Waals surface area contributed by atoms with Crippen LogP contribution in [0.15, 0.2) is 49.1 Å². The first kappa shape index (κ1) is 28.0. The van der Waals surface area contributed by atoms with Gasteiger partial charge in [0.05, 0.1) is 23.5 Å². The lowest BCUT2D eigenvalue weighted by molar-refractivity contribution is -0.0526. The number of carbonyl (C=O) groups is 1. The van der Waals surface area contributed by atoms with E-state index < -0.39 is 19.1 Å². The van der Waals surface area contributed by atoms with Gasteiger partial charge < -0.3 is 19.7 Å². The van der Waals surface area contributed by atoms with Crippen molar-refractivity contribution in [3.05, 3.63) is 60.4 Å². The van der Waals surface area contributed by atoms with Gasteiger partial charge in [-0.05, 0) is 48.2 Å². The van der Waals surface area contributed by atoms with Gasteiger partial charge in [-0.3, -0.25) is 9.48 Å². The quantitative estimate of drug-likeness (QED) is 0.238. The van der Waals surface area contributed by atoms with E-state index in [0.29, 0.717) is 5.82 Å². The summed E-state index contributed by atoms with van der Waals surface area (Å²) in [4.78, 5) is 19.7. The number of likely N-dealkylation sites (tertiary alicyclic amines) is 1. The summed E-state index contributed by atoms with van der Waals surface area (Å²) < 4.78 is 66.3. The van der Waals surface area contributed by atoms with Crippen LogP contribution < -0.4 is 14.8 Å². The number of rotatable bonds is 10. The predicted molar refractivity (Wildman–Crippen MR) is 140 cm³/mol. The van der Waals surface area contributed by atoms with Crippen LogP contribution >= 0.6 is 0 Å². The number of benzene rings is 1. The number of anilines is 1. The molecule has 1 amide bonds. The van der Waals surface area contributed by atoms with Crippen LogP contribution in [-0.4, -0.2) is 88.8 Å². The van der Waals surface area contributed by atoms with Crippen LogP contribution in [0.4, 0.5) is 23.2 Å². The largest absolute Gasteiger partial charge is 0.435 e. The van der Waals surface area contributed by atoms with Crippen LogP contribution in [0.5, 0.6) is 11.5 Å². The summed E-state index contributed by atoms with van der Waals surface area (Å²) in [6, 6.07) is 4.85. The van der Waals surface area contributed by atoms with Crippen LogP contribution in [0.25, 0.3) is 16.9 Å². The van der Waals surface area contributed by atoms with Crippen molar-refractivity contribution in [1.82, 2.24) is 49.5 Å². The molecule has 43 heavy (non-hydrogen) atoms. The molecule has 1 atom stereocenters. The summed E-state index contributed by atoms with van der Waals surface area (Å²) in [5.74, 6) is -0.893. The third-order valence-electron chi connectivity index (χ3n) is 6.76. The van der Waals surface area contributed by atoms with Crippen molar-refractivity contribution in [3.8, 4) is 22.8 Å². The number of halogens is 4. The second kappa shape index (κ2) is 11.6. The van der Waals surface area contributed by atoms with E-state index >= 15 is 0 Å². The number of hydrogen-bond acceptors (Lipinski definition) is 10. The molecular formula is C25H23F4N11O3. The standard InChI is InChI=1S/C25H23F4N11O3/c1-37-8-5-14(11-37)40-20(33-35-36-40)13-38-12-18(32-23(41)17-10-31-39-7-2-6-30-22(17)39)21(34-38)16-9-15(42-24(26)27)3-4-19(16)43-25(28)29/h2-4,6-7,9-10,12,14,24-25H,5,8,11,13H2,1H3,(H,32,41). The third kappa shape index (κ3) is 5.94. The molecule has 6 rings (SSSR count). The summed E-state index contributed by atoms with van der Waals surface area (Å²) in [7, 11) is 1.99. The number of hydrogen-bond donors (Lipinski definition) is 1. The highest BCUT2D eigenvalue weighted by Gasteiger charge is 2.27. The number of tetrazole rings is 1. The highest BCUT2D eigenvalue weighted by Crippen LogP contribution is 2.38. The van der Waals surface area contributed by atoms with Gasteiger partial charge in [0.2, 0.25) is 0 Å². The number of nitrogens with zero attached hydrogens (tertiary/aromatic N) is 10. The second-order valence-corrected chi connectivity index (χ2v) is 9.65. The molecule has 5 heterocycles. The Morgan fingerprint density at radius 3 is 2.79 bits per heavy atom. The first-order valence-corrected chi connectivity index (χ1v) is 12.9. The molecule has 1 aliphatic heterocycles. The number of aromatic nitrogens is 9. The Labute approximate surface area is 239 Å². The van der Waals surface area contributed by atoms with Gasteiger partial charge in [-0.25, -0.2) is 14.2 Å². The SMILES string of the molecule is CN1CCC(n2nnnc2Cn2cc(NC(=O)c3cnn4cccnc34)c(-c3cc(OC(F)F)ccc3OC(F)F)n2)C1. The number of alkyl halides is 4. The molecule has 0 spiro atoms. The molecule has 0 bridgehead atoms. The van der Waals surface area contributed by atoms with E-state index in [-0.39, 0.29) is 52.2 Å². The first-order chi connectivity index (χ1) is 20.7. The summed E-state index contributed by atoms with van der Waals surface area (Å²) in [5, 5.41) is 23.4. The average Bonchev–Trinajstić information content (AvgIpc) is 3.76. The van der Waals surface area contributed by atoms with Gasteiger partial charge >= 0.3 is 13.2 Å². The summed E-state index contributed by atoms with van der Waals surface area (Å²) in [6.07, 6.45) is 6.69. The molecule has 1 aromatic carbocycles. The van der Waals surface area contributed by atoms with Crippen LogP contribution in [-0.2, 0) is 6.54 Å². The molecule has 1 N–H and O–H groups in total. The number of fused-ring (bicyclic) bond motifs is 1. The van der Waals surface area contributed by atoms with E-state index in [1.807, 2.05) is 7.05 Å². The average molecular weight is 602 g/mol. The second-order valence-electron chi connectivity index (χ2n) is 9.65.